The summed E-state index contributed by atoms with van der Waals surface area (Å²) < 4.78 is 5.90. The number of rotatable bonds is 8. The molecule has 1 N–H and O–H groups in total. The van der Waals surface area contributed by atoms with Gasteiger partial charge in [-0.15, -0.1) is 0 Å². The van der Waals surface area contributed by atoms with Gasteiger partial charge in [0.25, 0.3) is 0 Å². The summed E-state index contributed by atoms with van der Waals surface area (Å²) in [7, 11) is 0. The van der Waals surface area contributed by atoms with Crippen LogP contribution in [0.25, 0.3) is 0 Å². The molecule has 1 saturated heterocycles. The van der Waals surface area contributed by atoms with Crippen molar-refractivity contribution in [3.8, 4) is 5.75 Å². The Hall–Kier alpha value is -2.04. The molecule has 1 aliphatic heterocycles. The molecule has 1 fully saturated rings. The number of carbonyl (C=O) groups excluding carboxylic acids is 1. The van der Waals surface area contributed by atoms with Gasteiger partial charge in [0.2, 0.25) is 5.91 Å². The van der Waals surface area contributed by atoms with Gasteiger partial charge >= 0.3 is 0 Å². The van der Waals surface area contributed by atoms with E-state index in [0.29, 0.717) is 23.5 Å². The Balaban J connectivity index is 1.45. The van der Waals surface area contributed by atoms with Crippen LogP contribution in [0.15, 0.2) is 48.5 Å². The normalized spacial score (nSPS) is 16.4. The van der Waals surface area contributed by atoms with Gasteiger partial charge < -0.3 is 15.0 Å². The van der Waals surface area contributed by atoms with Crippen molar-refractivity contribution in [3.63, 3.8) is 0 Å². The van der Waals surface area contributed by atoms with Gasteiger partial charge in [-0.25, -0.2) is 0 Å². The molecule has 1 atom stereocenters. The third kappa shape index (κ3) is 6.48. The quantitative estimate of drug-likeness (QED) is 0.575. The predicted molar refractivity (Wildman–Crippen MR) is 124 cm³/mol. The summed E-state index contributed by atoms with van der Waals surface area (Å²) in [4.78, 5) is 14.5. The third-order valence-corrected chi connectivity index (χ3v) is 5.98. The SMILES string of the molecule is CC(C)C(=O)Nc1cccc(C2CCN(C[C@@H](C)COc3ccccc3Cl)CC2)c1. The summed E-state index contributed by atoms with van der Waals surface area (Å²) in [6.45, 7) is 9.92. The number of para-hydroxylation sites is 1. The zero-order valence-electron chi connectivity index (χ0n) is 18.2. The molecule has 2 aromatic rings. The molecule has 162 valence electrons. The fourth-order valence-electron chi connectivity index (χ4n) is 3.89. The van der Waals surface area contributed by atoms with Crippen molar-refractivity contribution >= 4 is 23.2 Å². The molecule has 1 amide bonds. The van der Waals surface area contributed by atoms with Gasteiger partial charge in [0.15, 0.2) is 0 Å². The molecule has 0 radical (unpaired) electrons. The molecule has 1 heterocycles. The van der Waals surface area contributed by atoms with E-state index in [0.717, 1.165) is 43.9 Å². The van der Waals surface area contributed by atoms with Crippen LogP contribution in [-0.4, -0.2) is 37.0 Å². The molecular weight excluding hydrogens is 396 g/mol. The lowest BCUT2D eigenvalue weighted by atomic mass is 9.89. The molecule has 0 unspecified atom stereocenters. The van der Waals surface area contributed by atoms with Crippen molar-refractivity contribution in [1.82, 2.24) is 4.90 Å². The molecule has 30 heavy (non-hydrogen) atoms. The van der Waals surface area contributed by atoms with E-state index in [1.807, 2.05) is 50.2 Å². The van der Waals surface area contributed by atoms with Crippen molar-refractivity contribution in [2.75, 3.05) is 31.6 Å². The van der Waals surface area contributed by atoms with Gasteiger partial charge in [0.1, 0.15) is 5.75 Å². The first kappa shape index (κ1) is 22.6. The minimum absolute atomic E-state index is 0.0132. The fraction of sp³-hybridized carbons (Fsp3) is 0.480. The topological polar surface area (TPSA) is 41.6 Å². The largest absolute Gasteiger partial charge is 0.492 e. The lowest BCUT2D eigenvalue weighted by molar-refractivity contribution is -0.118. The monoisotopic (exact) mass is 428 g/mol. The van der Waals surface area contributed by atoms with Crippen LogP contribution in [-0.2, 0) is 4.79 Å². The Kier molecular flexibility index (Phi) is 8.17. The molecular formula is C25H33ClN2O2. The zero-order valence-corrected chi connectivity index (χ0v) is 19.0. The predicted octanol–water partition coefficient (Wildman–Crippen LogP) is 5.83. The van der Waals surface area contributed by atoms with E-state index < -0.39 is 0 Å². The standard InChI is InChI=1S/C25H33ClN2O2/c1-18(2)25(29)27-22-8-6-7-21(15-22)20-11-13-28(14-12-20)16-19(3)17-30-24-10-5-4-9-23(24)26/h4-10,15,18-20H,11-14,16-17H2,1-3H3,(H,27,29)/t19-/m1/s1. The van der Waals surface area contributed by atoms with E-state index in [1.165, 1.54) is 5.56 Å². The maximum Gasteiger partial charge on any atom is 0.226 e. The van der Waals surface area contributed by atoms with Crippen molar-refractivity contribution in [2.24, 2.45) is 11.8 Å². The maximum absolute atomic E-state index is 12.0. The first-order chi connectivity index (χ1) is 14.4. The third-order valence-electron chi connectivity index (χ3n) is 5.67. The number of hydrogen-bond acceptors (Lipinski definition) is 3. The maximum atomic E-state index is 12.0. The number of nitrogens with one attached hydrogen (secondary N) is 1. The smallest absolute Gasteiger partial charge is 0.226 e. The zero-order chi connectivity index (χ0) is 21.5. The van der Waals surface area contributed by atoms with Crippen molar-refractivity contribution in [2.45, 2.75) is 39.5 Å². The average Bonchev–Trinajstić information content (AvgIpc) is 2.74. The van der Waals surface area contributed by atoms with Gasteiger partial charge in [-0.1, -0.05) is 56.6 Å². The van der Waals surface area contributed by atoms with Crippen molar-refractivity contribution in [1.29, 1.82) is 0 Å². The Labute approximate surface area is 185 Å². The highest BCUT2D eigenvalue weighted by Crippen LogP contribution is 2.30. The highest BCUT2D eigenvalue weighted by molar-refractivity contribution is 6.32. The van der Waals surface area contributed by atoms with Gasteiger partial charge in [-0.3, -0.25) is 4.79 Å². The van der Waals surface area contributed by atoms with E-state index in [1.54, 1.807) is 0 Å². The number of likely N-dealkylation sites (tertiary alicyclic amines) is 1. The molecule has 1 aliphatic rings. The molecule has 0 saturated carbocycles. The summed E-state index contributed by atoms with van der Waals surface area (Å²) in [5.74, 6) is 1.80. The number of ether oxygens (including phenoxy) is 1. The minimum Gasteiger partial charge on any atom is -0.492 e. The number of piperidine rings is 1. The summed E-state index contributed by atoms with van der Waals surface area (Å²) in [5, 5.41) is 3.68. The summed E-state index contributed by atoms with van der Waals surface area (Å²) in [6, 6.07) is 16.0. The number of anilines is 1. The van der Waals surface area contributed by atoms with Crippen LogP contribution in [0.1, 0.15) is 45.1 Å². The number of hydrogen-bond donors (Lipinski definition) is 1. The van der Waals surface area contributed by atoms with E-state index >= 15 is 0 Å². The number of amides is 1. The highest BCUT2D eigenvalue weighted by atomic mass is 35.5. The minimum atomic E-state index is -0.0132. The second-order valence-electron chi connectivity index (χ2n) is 8.69. The molecule has 5 heteroatoms. The van der Waals surface area contributed by atoms with Crippen molar-refractivity contribution < 1.29 is 9.53 Å². The summed E-state index contributed by atoms with van der Waals surface area (Å²) in [6.07, 6.45) is 2.28. The van der Waals surface area contributed by atoms with Gasteiger partial charge in [-0.05, 0) is 61.7 Å². The highest BCUT2D eigenvalue weighted by Gasteiger charge is 2.22. The summed E-state index contributed by atoms with van der Waals surface area (Å²) in [5.41, 5.74) is 2.23. The number of carbonyl (C=O) groups is 1. The Morgan fingerprint density at radius 2 is 1.87 bits per heavy atom. The van der Waals surface area contributed by atoms with Crippen LogP contribution >= 0.6 is 11.6 Å². The van der Waals surface area contributed by atoms with E-state index in [-0.39, 0.29) is 11.8 Å². The van der Waals surface area contributed by atoms with Crippen LogP contribution in [0.2, 0.25) is 5.02 Å². The number of halogens is 1. The fourth-order valence-corrected chi connectivity index (χ4v) is 4.08. The number of benzene rings is 2. The molecule has 3 rings (SSSR count). The Bertz CT molecular complexity index is 831. The molecule has 0 aliphatic carbocycles. The van der Waals surface area contributed by atoms with Crippen LogP contribution in [0, 0.1) is 11.8 Å². The van der Waals surface area contributed by atoms with Gasteiger partial charge in [-0.2, -0.15) is 0 Å². The first-order valence-electron chi connectivity index (χ1n) is 10.9. The van der Waals surface area contributed by atoms with E-state index in [2.05, 4.69) is 29.3 Å². The van der Waals surface area contributed by atoms with Crippen LogP contribution in [0.5, 0.6) is 5.75 Å². The second-order valence-corrected chi connectivity index (χ2v) is 9.10. The first-order valence-corrected chi connectivity index (χ1v) is 11.3. The van der Waals surface area contributed by atoms with Crippen molar-refractivity contribution in [3.05, 3.63) is 59.1 Å². The van der Waals surface area contributed by atoms with Crippen LogP contribution in [0.4, 0.5) is 5.69 Å². The van der Waals surface area contributed by atoms with E-state index in [9.17, 15) is 4.79 Å². The molecule has 0 aromatic heterocycles. The summed E-state index contributed by atoms with van der Waals surface area (Å²) >= 11 is 6.17. The van der Waals surface area contributed by atoms with Gasteiger partial charge in [0.05, 0.1) is 11.6 Å². The molecule has 2 aromatic carbocycles. The lowest BCUT2D eigenvalue weighted by Gasteiger charge is -2.34. The molecule has 0 spiro atoms. The number of nitrogens with zero attached hydrogens (tertiary/aromatic N) is 1. The molecule has 4 nitrogen and oxygen atoms in total. The van der Waals surface area contributed by atoms with E-state index in [4.69, 9.17) is 16.3 Å². The molecule has 0 bridgehead atoms. The Morgan fingerprint density at radius 1 is 1.13 bits per heavy atom. The van der Waals surface area contributed by atoms with Gasteiger partial charge in [0, 0.05) is 24.1 Å². The lowest BCUT2D eigenvalue weighted by Crippen LogP contribution is -2.37. The van der Waals surface area contributed by atoms with Crippen LogP contribution < -0.4 is 10.1 Å². The Morgan fingerprint density at radius 3 is 2.57 bits per heavy atom. The second kappa shape index (κ2) is 10.8. The average molecular weight is 429 g/mol. The van der Waals surface area contributed by atoms with Crippen LogP contribution in [0.3, 0.4) is 0 Å².